The SMILES string of the molecule is CCCCCCCCCCC(C)(C)C(=O)Nc1c(OC)cc(CO)cc1OC. The standard InChI is InChI=1S/C23H39NO4/c1-6-7-8-9-10-11-12-13-14-23(2,3)22(26)24-21-19(27-4)15-18(17-25)16-20(21)28-5/h15-16,25H,6-14,17H2,1-5H3,(H,24,26). The first-order valence-corrected chi connectivity index (χ1v) is 10.6. The molecule has 0 saturated carbocycles. The maximum absolute atomic E-state index is 12.9. The first-order valence-electron chi connectivity index (χ1n) is 10.6. The third-order valence-corrected chi connectivity index (χ3v) is 5.26. The van der Waals surface area contributed by atoms with E-state index >= 15 is 0 Å². The van der Waals surface area contributed by atoms with Crippen molar-refractivity contribution >= 4 is 11.6 Å². The predicted octanol–water partition coefficient (Wildman–Crippen LogP) is 5.69. The number of amides is 1. The average Bonchev–Trinajstić information content (AvgIpc) is 2.69. The summed E-state index contributed by atoms with van der Waals surface area (Å²) in [6, 6.07) is 3.42. The van der Waals surface area contributed by atoms with Gasteiger partial charge in [0.15, 0.2) is 0 Å². The molecular formula is C23H39NO4. The number of methoxy groups -OCH3 is 2. The van der Waals surface area contributed by atoms with Crippen molar-refractivity contribution in [3.05, 3.63) is 17.7 Å². The summed E-state index contributed by atoms with van der Waals surface area (Å²) in [6.07, 6.45) is 10.9. The molecule has 0 aliphatic heterocycles. The molecule has 0 unspecified atom stereocenters. The number of unbranched alkanes of at least 4 members (excludes halogenated alkanes) is 7. The molecule has 160 valence electrons. The second-order valence-corrected chi connectivity index (χ2v) is 8.10. The van der Waals surface area contributed by atoms with E-state index < -0.39 is 5.41 Å². The molecule has 1 amide bonds. The molecule has 5 heteroatoms. The quantitative estimate of drug-likeness (QED) is 0.398. The molecule has 0 atom stereocenters. The third kappa shape index (κ3) is 7.70. The number of hydrogen-bond donors (Lipinski definition) is 2. The Labute approximate surface area is 170 Å². The average molecular weight is 394 g/mol. The molecule has 0 aromatic heterocycles. The summed E-state index contributed by atoms with van der Waals surface area (Å²) in [5.74, 6) is 0.919. The van der Waals surface area contributed by atoms with Gasteiger partial charge in [0, 0.05) is 5.41 Å². The van der Waals surface area contributed by atoms with E-state index in [1.807, 2.05) is 13.8 Å². The van der Waals surface area contributed by atoms with Gasteiger partial charge in [0.2, 0.25) is 5.91 Å². The van der Waals surface area contributed by atoms with E-state index in [0.717, 1.165) is 12.8 Å². The molecule has 1 aromatic rings. The van der Waals surface area contributed by atoms with E-state index in [1.165, 1.54) is 59.2 Å². The Hall–Kier alpha value is -1.75. The molecule has 0 heterocycles. The van der Waals surface area contributed by atoms with Crippen LogP contribution in [0.2, 0.25) is 0 Å². The molecule has 5 nitrogen and oxygen atoms in total. The Bertz CT molecular complexity index is 573. The maximum Gasteiger partial charge on any atom is 0.230 e. The second kappa shape index (κ2) is 12.7. The molecule has 0 aliphatic rings. The van der Waals surface area contributed by atoms with Gasteiger partial charge in [-0.3, -0.25) is 4.79 Å². The lowest BCUT2D eigenvalue weighted by Gasteiger charge is -2.25. The van der Waals surface area contributed by atoms with E-state index in [9.17, 15) is 9.90 Å². The number of benzene rings is 1. The molecule has 2 N–H and O–H groups in total. The minimum absolute atomic E-state index is 0.0520. The number of aliphatic hydroxyl groups excluding tert-OH is 1. The molecule has 1 rings (SSSR count). The zero-order chi connectivity index (χ0) is 21.0. The molecule has 0 fully saturated rings. The van der Waals surface area contributed by atoms with Crippen molar-refractivity contribution in [3.8, 4) is 11.5 Å². The van der Waals surface area contributed by atoms with Gasteiger partial charge < -0.3 is 19.9 Å². The van der Waals surface area contributed by atoms with Crippen LogP contribution in [-0.4, -0.2) is 25.2 Å². The number of nitrogens with one attached hydrogen (secondary N) is 1. The van der Waals surface area contributed by atoms with Crippen LogP contribution in [0.1, 0.15) is 84.1 Å². The fraction of sp³-hybridized carbons (Fsp3) is 0.696. The highest BCUT2D eigenvalue weighted by atomic mass is 16.5. The normalized spacial score (nSPS) is 11.4. The van der Waals surface area contributed by atoms with E-state index in [2.05, 4.69) is 12.2 Å². The van der Waals surface area contributed by atoms with Crippen LogP contribution in [-0.2, 0) is 11.4 Å². The Morgan fingerprint density at radius 2 is 1.46 bits per heavy atom. The Kier molecular flexibility index (Phi) is 11.0. The van der Waals surface area contributed by atoms with Gasteiger partial charge in [0.1, 0.15) is 17.2 Å². The van der Waals surface area contributed by atoms with Crippen molar-refractivity contribution in [1.82, 2.24) is 0 Å². The minimum Gasteiger partial charge on any atom is -0.494 e. The summed E-state index contributed by atoms with van der Waals surface area (Å²) >= 11 is 0. The first kappa shape index (κ1) is 24.3. The van der Waals surface area contributed by atoms with Gasteiger partial charge in [0.25, 0.3) is 0 Å². The van der Waals surface area contributed by atoms with Gasteiger partial charge in [-0.15, -0.1) is 0 Å². The van der Waals surface area contributed by atoms with E-state index in [-0.39, 0.29) is 12.5 Å². The van der Waals surface area contributed by atoms with Crippen molar-refractivity contribution in [3.63, 3.8) is 0 Å². The van der Waals surface area contributed by atoms with Crippen LogP contribution in [0.5, 0.6) is 11.5 Å². The van der Waals surface area contributed by atoms with Crippen molar-refractivity contribution in [2.24, 2.45) is 5.41 Å². The maximum atomic E-state index is 12.9. The Morgan fingerprint density at radius 1 is 0.964 bits per heavy atom. The molecule has 0 spiro atoms. The molecular weight excluding hydrogens is 354 g/mol. The summed E-state index contributed by atoms with van der Waals surface area (Å²) < 4.78 is 10.8. The fourth-order valence-electron chi connectivity index (χ4n) is 3.28. The van der Waals surface area contributed by atoms with Gasteiger partial charge in [-0.05, 0) is 24.1 Å². The Balaban J connectivity index is 2.61. The van der Waals surface area contributed by atoms with Gasteiger partial charge in [0.05, 0.1) is 20.8 Å². The molecule has 0 saturated heterocycles. The summed E-state index contributed by atoms with van der Waals surface area (Å²) in [5.41, 5.74) is 0.703. The van der Waals surface area contributed by atoms with Crippen LogP contribution in [0.15, 0.2) is 12.1 Å². The van der Waals surface area contributed by atoms with Crippen molar-refractivity contribution in [1.29, 1.82) is 0 Å². The number of ether oxygens (including phenoxy) is 2. The van der Waals surface area contributed by atoms with Gasteiger partial charge >= 0.3 is 0 Å². The smallest absolute Gasteiger partial charge is 0.230 e. The number of carbonyl (C=O) groups is 1. The monoisotopic (exact) mass is 393 g/mol. The minimum atomic E-state index is -0.478. The van der Waals surface area contributed by atoms with Crippen LogP contribution in [0.4, 0.5) is 5.69 Å². The number of hydrogen-bond acceptors (Lipinski definition) is 4. The zero-order valence-electron chi connectivity index (χ0n) is 18.4. The van der Waals surface area contributed by atoms with E-state index in [4.69, 9.17) is 9.47 Å². The van der Waals surface area contributed by atoms with Crippen molar-refractivity contribution in [2.75, 3.05) is 19.5 Å². The van der Waals surface area contributed by atoms with Gasteiger partial charge in [-0.1, -0.05) is 72.1 Å². The van der Waals surface area contributed by atoms with Crippen molar-refractivity contribution < 1.29 is 19.4 Å². The lowest BCUT2D eigenvalue weighted by Crippen LogP contribution is -2.31. The first-order chi connectivity index (χ1) is 13.4. The lowest BCUT2D eigenvalue weighted by molar-refractivity contribution is -0.124. The largest absolute Gasteiger partial charge is 0.494 e. The van der Waals surface area contributed by atoms with Gasteiger partial charge in [-0.25, -0.2) is 0 Å². The topological polar surface area (TPSA) is 67.8 Å². The zero-order valence-corrected chi connectivity index (χ0v) is 18.4. The molecule has 0 bridgehead atoms. The van der Waals surface area contributed by atoms with Crippen LogP contribution in [0.3, 0.4) is 0 Å². The predicted molar refractivity (Wildman–Crippen MR) is 115 cm³/mol. The lowest BCUT2D eigenvalue weighted by atomic mass is 9.85. The second-order valence-electron chi connectivity index (χ2n) is 8.10. The third-order valence-electron chi connectivity index (χ3n) is 5.26. The molecule has 0 aliphatic carbocycles. The number of anilines is 1. The summed E-state index contributed by atoms with van der Waals surface area (Å²) in [7, 11) is 3.08. The number of rotatable bonds is 14. The highest BCUT2D eigenvalue weighted by Crippen LogP contribution is 2.38. The fourth-order valence-corrected chi connectivity index (χ4v) is 3.28. The van der Waals surface area contributed by atoms with Crippen LogP contribution in [0, 0.1) is 5.41 Å². The molecule has 28 heavy (non-hydrogen) atoms. The molecule has 0 radical (unpaired) electrons. The summed E-state index contributed by atoms with van der Waals surface area (Å²) in [6.45, 7) is 6.07. The molecule has 1 aromatic carbocycles. The van der Waals surface area contributed by atoms with Crippen LogP contribution < -0.4 is 14.8 Å². The van der Waals surface area contributed by atoms with Gasteiger partial charge in [-0.2, -0.15) is 0 Å². The number of aliphatic hydroxyl groups is 1. The van der Waals surface area contributed by atoms with E-state index in [1.54, 1.807) is 12.1 Å². The highest BCUT2D eigenvalue weighted by Gasteiger charge is 2.29. The number of carbonyl (C=O) groups excluding carboxylic acids is 1. The Morgan fingerprint density at radius 3 is 1.93 bits per heavy atom. The highest BCUT2D eigenvalue weighted by molar-refractivity contribution is 5.97. The summed E-state index contributed by atoms with van der Waals surface area (Å²) in [4.78, 5) is 12.9. The van der Waals surface area contributed by atoms with Crippen LogP contribution in [0.25, 0.3) is 0 Å². The van der Waals surface area contributed by atoms with Crippen molar-refractivity contribution in [2.45, 2.75) is 85.2 Å². The van der Waals surface area contributed by atoms with E-state index in [0.29, 0.717) is 22.7 Å². The summed E-state index contributed by atoms with van der Waals surface area (Å²) in [5, 5.41) is 12.4. The van der Waals surface area contributed by atoms with Crippen LogP contribution >= 0.6 is 0 Å².